The molecule has 0 fully saturated rings. The fourth-order valence-corrected chi connectivity index (χ4v) is 1.49. The van der Waals surface area contributed by atoms with Gasteiger partial charge in [-0.15, -0.1) is 0 Å². The van der Waals surface area contributed by atoms with Crippen molar-refractivity contribution in [3.05, 3.63) is 35.9 Å². The zero-order chi connectivity index (χ0) is 16.3. The number of halogens is 3. The van der Waals surface area contributed by atoms with Gasteiger partial charge in [-0.2, -0.15) is 13.2 Å². The molecule has 2 atom stereocenters. The van der Waals surface area contributed by atoms with Crippen molar-refractivity contribution in [2.75, 3.05) is 0 Å². The van der Waals surface area contributed by atoms with Crippen LogP contribution in [0.25, 0.3) is 0 Å². The van der Waals surface area contributed by atoms with E-state index in [2.05, 4.69) is 10.1 Å². The lowest BCUT2D eigenvalue weighted by Crippen LogP contribution is -2.43. The minimum atomic E-state index is -4.66. The zero-order valence-electron chi connectivity index (χ0n) is 12.5. The lowest BCUT2D eigenvalue weighted by atomic mass is 9.88. The minimum absolute atomic E-state index is 0.108. The summed E-state index contributed by atoms with van der Waals surface area (Å²) in [7, 11) is 0. The Balaban J connectivity index is 2.82. The van der Waals surface area contributed by atoms with Gasteiger partial charge in [0.25, 0.3) is 0 Å². The van der Waals surface area contributed by atoms with Crippen LogP contribution in [0.1, 0.15) is 39.4 Å². The van der Waals surface area contributed by atoms with Gasteiger partial charge in [0.2, 0.25) is 6.10 Å². The van der Waals surface area contributed by atoms with Crippen LogP contribution < -0.4 is 5.32 Å². The summed E-state index contributed by atoms with van der Waals surface area (Å²) in [5, 5.41) is 2.43. The maximum Gasteiger partial charge on any atom is 0.429 e. The molecule has 0 bridgehead atoms. The molecular formula is C15H20F3NO2. The molecule has 0 aliphatic rings. The van der Waals surface area contributed by atoms with Gasteiger partial charge in [-0.25, -0.2) is 4.79 Å². The highest BCUT2D eigenvalue weighted by Gasteiger charge is 2.44. The molecule has 21 heavy (non-hydrogen) atoms. The molecule has 0 aliphatic heterocycles. The average molecular weight is 303 g/mol. The second-order valence-electron chi connectivity index (χ2n) is 5.97. The van der Waals surface area contributed by atoms with Gasteiger partial charge >= 0.3 is 12.3 Å². The number of carbonyl (C=O) groups is 1. The standard InChI is InChI=1S/C15H20F3NO2/c1-10(14(2,3)4)19-13(20)21-12(15(16,17)18)11-8-6-5-7-9-11/h5-10,12H,1-4H3,(H,19,20). The molecular weight excluding hydrogens is 283 g/mol. The van der Waals surface area contributed by atoms with Crippen molar-refractivity contribution in [1.82, 2.24) is 5.32 Å². The predicted molar refractivity (Wildman–Crippen MR) is 73.8 cm³/mol. The van der Waals surface area contributed by atoms with E-state index < -0.39 is 18.4 Å². The van der Waals surface area contributed by atoms with E-state index in [0.717, 1.165) is 0 Å². The van der Waals surface area contributed by atoms with Crippen LogP contribution >= 0.6 is 0 Å². The molecule has 0 aromatic heterocycles. The highest BCUT2D eigenvalue weighted by atomic mass is 19.4. The average Bonchev–Trinajstić information content (AvgIpc) is 2.34. The topological polar surface area (TPSA) is 38.3 Å². The van der Waals surface area contributed by atoms with Gasteiger partial charge in [-0.05, 0) is 12.3 Å². The maximum atomic E-state index is 13.0. The summed E-state index contributed by atoms with van der Waals surface area (Å²) < 4.78 is 43.7. The number of alkyl carbamates (subject to hydrolysis) is 1. The first-order valence-corrected chi connectivity index (χ1v) is 6.60. The Bertz CT molecular complexity index is 466. The first kappa shape index (κ1) is 17.3. The van der Waals surface area contributed by atoms with Crippen LogP contribution in [0.2, 0.25) is 0 Å². The number of rotatable bonds is 3. The van der Waals surface area contributed by atoms with Crippen molar-refractivity contribution in [3.8, 4) is 0 Å². The highest BCUT2D eigenvalue weighted by Crippen LogP contribution is 2.35. The van der Waals surface area contributed by atoms with Crippen molar-refractivity contribution in [2.45, 2.75) is 46.0 Å². The van der Waals surface area contributed by atoms with Crippen LogP contribution in [-0.2, 0) is 4.74 Å². The van der Waals surface area contributed by atoms with Crippen molar-refractivity contribution in [2.24, 2.45) is 5.41 Å². The molecule has 1 aromatic carbocycles. The summed E-state index contributed by atoms with van der Waals surface area (Å²) in [5.74, 6) is 0. The lowest BCUT2D eigenvalue weighted by molar-refractivity contribution is -0.206. The fourth-order valence-electron chi connectivity index (χ4n) is 1.49. The van der Waals surface area contributed by atoms with E-state index in [0.29, 0.717) is 0 Å². The Morgan fingerprint density at radius 3 is 2.10 bits per heavy atom. The Labute approximate surface area is 122 Å². The largest absolute Gasteiger partial charge is 0.432 e. The summed E-state index contributed by atoms with van der Waals surface area (Å²) >= 11 is 0. The van der Waals surface area contributed by atoms with Gasteiger partial charge in [0, 0.05) is 11.6 Å². The van der Waals surface area contributed by atoms with Gasteiger partial charge in [0.1, 0.15) is 0 Å². The first-order valence-electron chi connectivity index (χ1n) is 6.60. The van der Waals surface area contributed by atoms with Gasteiger partial charge in [0.05, 0.1) is 0 Å². The van der Waals surface area contributed by atoms with Crippen LogP contribution in [0.5, 0.6) is 0 Å². The normalized spacial score (nSPS) is 15.2. The van der Waals surface area contributed by atoms with E-state index in [1.54, 1.807) is 13.0 Å². The highest BCUT2D eigenvalue weighted by molar-refractivity contribution is 5.68. The number of ether oxygens (including phenoxy) is 1. The van der Waals surface area contributed by atoms with Crippen LogP contribution in [0.15, 0.2) is 30.3 Å². The Kier molecular flexibility index (Phi) is 5.25. The number of nitrogens with one attached hydrogen (secondary N) is 1. The van der Waals surface area contributed by atoms with Crippen LogP contribution in [0.3, 0.4) is 0 Å². The summed E-state index contributed by atoms with van der Waals surface area (Å²) in [6, 6.07) is 6.76. The molecule has 1 rings (SSSR count). The summed E-state index contributed by atoms with van der Waals surface area (Å²) in [6.45, 7) is 7.33. The Morgan fingerprint density at radius 2 is 1.67 bits per heavy atom. The van der Waals surface area contributed by atoms with Crippen LogP contribution in [0, 0.1) is 5.41 Å². The molecule has 0 radical (unpaired) electrons. The van der Waals surface area contributed by atoms with Crippen molar-refractivity contribution in [1.29, 1.82) is 0 Å². The van der Waals surface area contributed by atoms with E-state index in [9.17, 15) is 18.0 Å². The Morgan fingerprint density at radius 1 is 1.14 bits per heavy atom. The molecule has 1 N–H and O–H groups in total. The molecule has 0 spiro atoms. The first-order chi connectivity index (χ1) is 9.51. The SMILES string of the molecule is CC(NC(=O)OC(c1ccccc1)C(F)(F)F)C(C)(C)C. The number of carbonyl (C=O) groups excluding carboxylic acids is 1. The Hall–Kier alpha value is -1.72. The van der Waals surface area contributed by atoms with Gasteiger partial charge < -0.3 is 10.1 Å². The van der Waals surface area contributed by atoms with E-state index in [1.165, 1.54) is 24.3 Å². The molecule has 3 nitrogen and oxygen atoms in total. The number of hydrogen-bond donors (Lipinski definition) is 1. The summed E-state index contributed by atoms with van der Waals surface area (Å²) in [5.41, 5.74) is -0.386. The fraction of sp³-hybridized carbons (Fsp3) is 0.533. The molecule has 1 amide bonds. The monoisotopic (exact) mass is 303 g/mol. The van der Waals surface area contributed by atoms with E-state index in [1.807, 2.05) is 20.8 Å². The third-order valence-corrected chi connectivity index (χ3v) is 3.26. The molecule has 0 aliphatic carbocycles. The molecule has 6 heteroatoms. The number of alkyl halides is 3. The second kappa shape index (κ2) is 6.37. The van der Waals surface area contributed by atoms with Crippen molar-refractivity contribution in [3.63, 3.8) is 0 Å². The zero-order valence-corrected chi connectivity index (χ0v) is 12.5. The third-order valence-electron chi connectivity index (χ3n) is 3.26. The lowest BCUT2D eigenvalue weighted by Gasteiger charge is -2.29. The number of hydrogen-bond acceptors (Lipinski definition) is 2. The summed E-state index contributed by atoms with van der Waals surface area (Å²) in [4.78, 5) is 11.7. The van der Waals surface area contributed by atoms with E-state index >= 15 is 0 Å². The predicted octanol–water partition coefficient (Wildman–Crippen LogP) is 4.45. The van der Waals surface area contributed by atoms with E-state index in [-0.39, 0.29) is 17.0 Å². The van der Waals surface area contributed by atoms with Gasteiger partial charge in [-0.1, -0.05) is 51.1 Å². The van der Waals surface area contributed by atoms with Crippen LogP contribution in [-0.4, -0.2) is 18.3 Å². The molecule has 1 aromatic rings. The molecule has 0 saturated heterocycles. The maximum absolute atomic E-state index is 13.0. The van der Waals surface area contributed by atoms with E-state index in [4.69, 9.17) is 0 Å². The number of amides is 1. The van der Waals surface area contributed by atoms with Gasteiger partial charge in [0.15, 0.2) is 0 Å². The van der Waals surface area contributed by atoms with Crippen molar-refractivity contribution < 1.29 is 22.7 Å². The summed E-state index contributed by atoms with van der Waals surface area (Å²) in [6.07, 6.45) is -8.02. The number of benzene rings is 1. The molecule has 0 heterocycles. The molecule has 118 valence electrons. The third kappa shape index (κ3) is 5.28. The van der Waals surface area contributed by atoms with Crippen molar-refractivity contribution >= 4 is 6.09 Å². The second-order valence-corrected chi connectivity index (χ2v) is 5.97. The molecule has 0 saturated carbocycles. The minimum Gasteiger partial charge on any atom is -0.432 e. The molecule has 2 unspecified atom stereocenters. The smallest absolute Gasteiger partial charge is 0.429 e. The quantitative estimate of drug-likeness (QED) is 0.896. The van der Waals surface area contributed by atoms with Crippen LogP contribution in [0.4, 0.5) is 18.0 Å². The van der Waals surface area contributed by atoms with Gasteiger partial charge in [-0.3, -0.25) is 0 Å².